The highest BCUT2D eigenvalue weighted by Crippen LogP contribution is 2.26. The smallest absolute Gasteiger partial charge is 0.257 e. The molecule has 0 radical (unpaired) electrons. The van der Waals surface area contributed by atoms with Crippen molar-refractivity contribution in [2.45, 2.75) is 38.6 Å². The predicted molar refractivity (Wildman–Crippen MR) is 102 cm³/mol. The largest absolute Gasteiger partial charge is 0.367 e. The number of carbonyl (C=O) groups excluding carboxylic acids is 1. The van der Waals surface area contributed by atoms with Gasteiger partial charge in [0.25, 0.3) is 5.91 Å². The van der Waals surface area contributed by atoms with Gasteiger partial charge in [-0.05, 0) is 65.9 Å². The van der Waals surface area contributed by atoms with Crippen molar-refractivity contribution in [2.75, 3.05) is 16.8 Å². The van der Waals surface area contributed by atoms with Crippen molar-refractivity contribution in [3.8, 4) is 0 Å². The SMILES string of the molecule is CCC1CCCCN1c1ccc(NC(=O)c2ccccc2Br)nc1. The summed E-state index contributed by atoms with van der Waals surface area (Å²) in [5, 5.41) is 2.86. The number of hydrogen-bond donors (Lipinski definition) is 1. The Morgan fingerprint density at radius 3 is 2.83 bits per heavy atom. The van der Waals surface area contributed by atoms with E-state index in [0.717, 1.165) is 23.1 Å². The van der Waals surface area contributed by atoms with Gasteiger partial charge in [0.1, 0.15) is 5.82 Å². The maximum Gasteiger partial charge on any atom is 0.257 e. The van der Waals surface area contributed by atoms with Crippen LogP contribution in [0.3, 0.4) is 0 Å². The van der Waals surface area contributed by atoms with Gasteiger partial charge in [-0.25, -0.2) is 4.98 Å². The first-order valence-electron chi connectivity index (χ1n) is 8.47. The van der Waals surface area contributed by atoms with Gasteiger partial charge in [0.2, 0.25) is 0 Å². The number of piperidine rings is 1. The number of benzene rings is 1. The molecule has 1 unspecified atom stereocenters. The lowest BCUT2D eigenvalue weighted by molar-refractivity contribution is 0.102. The molecule has 1 aliphatic heterocycles. The van der Waals surface area contributed by atoms with Crippen molar-refractivity contribution < 1.29 is 4.79 Å². The molecule has 1 aromatic carbocycles. The lowest BCUT2D eigenvalue weighted by Gasteiger charge is -2.37. The van der Waals surface area contributed by atoms with Gasteiger partial charge in [0.15, 0.2) is 0 Å². The van der Waals surface area contributed by atoms with E-state index in [2.05, 4.69) is 44.1 Å². The Hall–Kier alpha value is -1.88. The summed E-state index contributed by atoms with van der Waals surface area (Å²) in [5.41, 5.74) is 1.74. The molecule has 1 fully saturated rings. The average molecular weight is 388 g/mol. The Balaban J connectivity index is 1.70. The van der Waals surface area contributed by atoms with Gasteiger partial charge in [-0.2, -0.15) is 0 Å². The molecular weight excluding hydrogens is 366 g/mol. The molecule has 5 heteroatoms. The van der Waals surface area contributed by atoms with Crippen molar-refractivity contribution in [2.24, 2.45) is 0 Å². The number of halogens is 1. The zero-order valence-corrected chi connectivity index (χ0v) is 15.4. The second kappa shape index (κ2) is 7.79. The van der Waals surface area contributed by atoms with Crippen LogP contribution in [0.2, 0.25) is 0 Å². The number of anilines is 2. The third kappa shape index (κ3) is 3.78. The highest BCUT2D eigenvalue weighted by Gasteiger charge is 2.21. The zero-order valence-electron chi connectivity index (χ0n) is 13.8. The van der Waals surface area contributed by atoms with Crippen molar-refractivity contribution in [1.29, 1.82) is 0 Å². The van der Waals surface area contributed by atoms with E-state index in [4.69, 9.17) is 0 Å². The Kier molecular flexibility index (Phi) is 5.51. The Bertz CT molecular complexity index is 702. The highest BCUT2D eigenvalue weighted by atomic mass is 79.9. The monoisotopic (exact) mass is 387 g/mol. The van der Waals surface area contributed by atoms with Gasteiger partial charge >= 0.3 is 0 Å². The molecule has 2 aromatic rings. The summed E-state index contributed by atoms with van der Waals surface area (Å²) >= 11 is 3.40. The minimum atomic E-state index is -0.160. The Morgan fingerprint density at radius 2 is 2.12 bits per heavy atom. The van der Waals surface area contributed by atoms with Crippen LogP contribution in [0, 0.1) is 0 Å². The first-order valence-corrected chi connectivity index (χ1v) is 9.27. The molecule has 1 saturated heterocycles. The fraction of sp³-hybridized carbons (Fsp3) is 0.368. The van der Waals surface area contributed by atoms with Crippen molar-refractivity contribution in [3.05, 3.63) is 52.6 Å². The summed E-state index contributed by atoms with van der Waals surface area (Å²) in [6, 6.07) is 11.9. The first kappa shape index (κ1) is 17.0. The molecule has 126 valence electrons. The van der Waals surface area contributed by atoms with E-state index in [9.17, 15) is 4.79 Å². The van der Waals surface area contributed by atoms with E-state index < -0.39 is 0 Å². The fourth-order valence-corrected chi connectivity index (χ4v) is 3.69. The molecule has 24 heavy (non-hydrogen) atoms. The maximum atomic E-state index is 12.3. The molecule has 0 spiro atoms. The van der Waals surface area contributed by atoms with Crippen LogP contribution >= 0.6 is 15.9 Å². The predicted octanol–water partition coefficient (Wildman–Crippen LogP) is 4.87. The van der Waals surface area contributed by atoms with Crippen LogP contribution in [0.25, 0.3) is 0 Å². The molecule has 1 amide bonds. The molecule has 2 heterocycles. The third-order valence-corrected chi connectivity index (χ3v) is 5.23. The van der Waals surface area contributed by atoms with Crippen LogP contribution in [0.1, 0.15) is 43.0 Å². The number of amides is 1. The average Bonchev–Trinajstić information content (AvgIpc) is 2.62. The summed E-state index contributed by atoms with van der Waals surface area (Å²) in [4.78, 5) is 19.2. The topological polar surface area (TPSA) is 45.2 Å². The number of hydrogen-bond acceptors (Lipinski definition) is 3. The molecule has 3 rings (SSSR count). The summed E-state index contributed by atoms with van der Waals surface area (Å²) < 4.78 is 0.776. The van der Waals surface area contributed by atoms with Crippen LogP contribution in [-0.4, -0.2) is 23.5 Å². The number of aromatic nitrogens is 1. The Morgan fingerprint density at radius 1 is 1.29 bits per heavy atom. The minimum Gasteiger partial charge on any atom is -0.367 e. The number of nitrogens with zero attached hydrogens (tertiary/aromatic N) is 2. The number of nitrogens with one attached hydrogen (secondary N) is 1. The third-order valence-electron chi connectivity index (χ3n) is 4.54. The first-order chi connectivity index (χ1) is 11.7. The van der Waals surface area contributed by atoms with Gasteiger partial charge in [-0.3, -0.25) is 4.79 Å². The van der Waals surface area contributed by atoms with Crippen LogP contribution in [-0.2, 0) is 0 Å². The van der Waals surface area contributed by atoms with Crippen molar-refractivity contribution >= 4 is 33.3 Å². The fourth-order valence-electron chi connectivity index (χ4n) is 3.22. The van der Waals surface area contributed by atoms with E-state index in [1.807, 2.05) is 30.5 Å². The van der Waals surface area contributed by atoms with Gasteiger partial charge in [-0.1, -0.05) is 19.1 Å². The van der Waals surface area contributed by atoms with Crippen LogP contribution in [0.5, 0.6) is 0 Å². The van der Waals surface area contributed by atoms with Crippen LogP contribution in [0.4, 0.5) is 11.5 Å². The molecule has 0 saturated carbocycles. The van der Waals surface area contributed by atoms with Gasteiger partial charge < -0.3 is 10.2 Å². The van der Waals surface area contributed by atoms with Crippen molar-refractivity contribution in [3.63, 3.8) is 0 Å². The van der Waals surface area contributed by atoms with Crippen LogP contribution < -0.4 is 10.2 Å². The molecule has 1 N–H and O–H groups in total. The van der Waals surface area contributed by atoms with E-state index >= 15 is 0 Å². The number of pyridine rings is 1. The summed E-state index contributed by atoms with van der Waals surface area (Å²) in [6.45, 7) is 3.32. The van der Waals surface area contributed by atoms with Gasteiger partial charge in [0.05, 0.1) is 17.4 Å². The summed E-state index contributed by atoms with van der Waals surface area (Å²) in [6.07, 6.45) is 6.81. The second-order valence-corrected chi connectivity index (χ2v) is 6.94. The lowest BCUT2D eigenvalue weighted by atomic mass is 9.99. The molecule has 0 bridgehead atoms. The van der Waals surface area contributed by atoms with Crippen LogP contribution in [0.15, 0.2) is 47.1 Å². The summed E-state index contributed by atoms with van der Waals surface area (Å²) in [7, 11) is 0. The number of carbonyl (C=O) groups is 1. The van der Waals surface area contributed by atoms with Gasteiger partial charge in [-0.15, -0.1) is 0 Å². The maximum absolute atomic E-state index is 12.3. The van der Waals surface area contributed by atoms with E-state index in [-0.39, 0.29) is 5.91 Å². The van der Waals surface area contributed by atoms with E-state index in [0.29, 0.717) is 17.4 Å². The highest BCUT2D eigenvalue weighted by molar-refractivity contribution is 9.10. The summed E-state index contributed by atoms with van der Waals surface area (Å²) in [5.74, 6) is 0.414. The van der Waals surface area contributed by atoms with E-state index in [1.165, 1.54) is 19.3 Å². The molecule has 4 nitrogen and oxygen atoms in total. The quantitative estimate of drug-likeness (QED) is 0.813. The van der Waals surface area contributed by atoms with Gasteiger partial charge in [0, 0.05) is 17.1 Å². The van der Waals surface area contributed by atoms with E-state index in [1.54, 1.807) is 6.07 Å². The minimum absolute atomic E-state index is 0.160. The lowest BCUT2D eigenvalue weighted by Crippen LogP contribution is -2.39. The molecular formula is C19H22BrN3O. The second-order valence-electron chi connectivity index (χ2n) is 6.09. The van der Waals surface area contributed by atoms with Crippen molar-refractivity contribution in [1.82, 2.24) is 4.98 Å². The molecule has 1 aromatic heterocycles. The normalized spacial score (nSPS) is 17.6. The Labute approximate surface area is 151 Å². The zero-order chi connectivity index (χ0) is 16.9. The number of rotatable bonds is 4. The standard InChI is InChI=1S/C19H22BrN3O/c1-2-14-7-5-6-12-23(14)15-10-11-18(21-13-15)22-19(24)16-8-3-4-9-17(16)20/h3-4,8-11,13-14H,2,5-7,12H2,1H3,(H,21,22,24). The molecule has 0 aliphatic carbocycles. The molecule has 1 atom stereocenters. The molecule has 1 aliphatic rings.